The number of hydrogen-bond acceptors (Lipinski definition) is 3. The van der Waals surface area contributed by atoms with Crippen LogP contribution in [-0.2, 0) is 20.7 Å². The second kappa shape index (κ2) is 5.61. The third-order valence-corrected chi connectivity index (χ3v) is 2.16. The van der Waals surface area contributed by atoms with E-state index < -0.39 is 17.6 Å². The molecule has 1 rings (SSSR count). The van der Waals surface area contributed by atoms with Crippen molar-refractivity contribution in [3.05, 3.63) is 34.6 Å². The fourth-order valence-corrected chi connectivity index (χ4v) is 1.24. The standard InChI is InChI=1S/C11H10ClFO3/c1-2-16-11(15)10(14)6-7-3-4-8(12)9(13)5-7/h3-5H,2,6H2,1H3. The summed E-state index contributed by atoms with van der Waals surface area (Å²) in [5, 5.41) is -0.0210. The summed E-state index contributed by atoms with van der Waals surface area (Å²) in [6, 6.07) is 3.95. The second-order valence-electron chi connectivity index (χ2n) is 3.07. The average Bonchev–Trinajstić information content (AvgIpc) is 2.24. The fourth-order valence-electron chi connectivity index (χ4n) is 1.12. The Morgan fingerprint density at radius 3 is 2.69 bits per heavy atom. The zero-order chi connectivity index (χ0) is 12.1. The molecule has 0 aliphatic rings. The van der Waals surface area contributed by atoms with Crippen molar-refractivity contribution in [1.29, 1.82) is 0 Å². The highest BCUT2D eigenvalue weighted by Gasteiger charge is 2.15. The van der Waals surface area contributed by atoms with Crippen LogP contribution in [0.1, 0.15) is 12.5 Å². The van der Waals surface area contributed by atoms with Gasteiger partial charge in [0, 0.05) is 6.42 Å². The molecule has 0 unspecified atom stereocenters. The number of rotatable bonds is 4. The number of ether oxygens (including phenoxy) is 1. The lowest BCUT2D eigenvalue weighted by atomic mass is 10.1. The molecule has 0 saturated heterocycles. The molecule has 0 N–H and O–H groups in total. The maximum atomic E-state index is 13.0. The van der Waals surface area contributed by atoms with E-state index in [0.717, 1.165) is 6.07 Å². The van der Waals surface area contributed by atoms with E-state index in [1.54, 1.807) is 6.92 Å². The molecule has 0 aliphatic carbocycles. The molecule has 0 bridgehead atoms. The van der Waals surface area contributed by atoms with Gasteiger partial charge in [0.05, 0.1) is 11.6 Å². The predicted octanol–water partition coefficient (Wildman–Crippen LogP) is 2.15. The van der Waals surface area contributed by atoms with Crippen molar-refractivity contribution in [2.24, 2.45) is 0 Å². The zero-order valence-electron chi connectivity index (χ0n) is 8.63. The molecule has 5 heteroatoms. The van der Waals surface area contributed by atoms with Crippen LogP contribution >= 0.6 is 11.6 Å². The van der Waals surface area contributed by atoms with Crippen LogP contribution in [0.5, 0.6) is 0 Å². The van der Waals surface area contributed by atoms with Gasteiger partial charge < -0.3 is 4.74 Å². The van der Waals surface area contributed by atoms with Gasteiger partial charge in [-0.2, -0.15) is 0 Å². The van der Waals surface area contributed by atoms with Gasteiger partial charge in [-0.15, -0.1) is 0 Å². The molecule has 0 spiro atoms. The van der Waals surface area contributed by atoms with Gasteiger partial charge in [-0.3, -0.25) is 4.79 Å². The van der Waals surface area contributed by atoms with Crippen molar-refractivity contribution in [2.75, 3.05) is 6.61 Å². The molecule has 0 aromatic heterocycles. The Kier molecular flexibility index (Phi) is 4.43. The number of esters is 1. The van der Waals surface area contributed by atoms with E-state index in [1.165, 1.54) is 12.1 Å². The first-order valence-electron chi connectivity index (χ1n) is 4.68. The summed E-state index contributed by atoms with van der Waals surface area (Å²) in [4.78, 5) is 22.3. The van der Waals surface area contributed by atoms with Gasteiger partial charge in [0.1, 0.15) is 5.82 Å². The Morgan fingerprint density at radius 2 is 2.12 bits per heavy atom. The van der Waals surface area contributed by atoms with Gasteiger partial charge in [0.15, 0.2) is 0 Å². The third-order valence-electron chi connectivity index (χ3n) is 1.85. The van der Waals surface area contributed by atoms with E-state index in [9.17, 15) is 14.0 Å². The van der Waals surface area contributed by atoms with Crippen molar-refractivity contribution in [2.45, 2.75) is 13.3 Å². The normalized spacial score (nSPS) is 9.94. The summed E-state index contributed by atoms with van der Waals surface area (Å²) in [5.41, 5.74) is 0.389. The van der Waals surface area contributed by atoms with Gasteiger partial charge in [-0.1, -0.05) is 17.7 Å². The highest BCUT2D eigenvalue weighted by atomic mass is 35.5. The number of benzene rings is 1. The number of halogens is 2. The quantitative estimate of drug-likeness (QED) is 0.602. The number of ketones is 1. The lowest BCUT2D eigenvalue weighted by Crippen LogP contribution is -2.19. The van der Waals surface area contributed by atoms with Crippen molar-refractivity contribution < 1.29 is 18.7 Å². The Hall–Kier alpha value is -1.42. The topological polar surface area (TPSA) is 43.4 Å². The van der Waals surface area contributed by atoms with E-state index in [0.29, 0.717) is 5.56 Å². The van der Waals surface area contributed by atoms with Crippen LogP contribution in [0.4, 0.5) is 4.39 Å². The van der Waals surface area contributed by atoms with Gasteiger partial charge in [0.2, 0.25) is 5.78 Å². The number of carbonyl (C=O) groups excluding carboxylic acids is 2. The maximum Gasteiger partial charge on any atom is 0.374 e. The minimum Gasteiger partial charge on any atom is -0.460 e. The first kappa shape index (κ1) is 12.6. The lowest BCUT2D eigenvalue weighted by molar-refractivity contribution is -0.153. The van der Waals surface area contributed by atoms with Gasteiger partial charge in [0.25, 0.3) is 0 Å². The summed E-state index contributed by atoms with van der Waals surface area (Å²) in [5.74, 6) is -2.22. The van der Waals surface area contributed by atoms with Crippen molar-refractivity contribution in [1.82, 2.24) is 0 Å². The Bertz CT molecular complexity index is 418. The summed E-state index contributed by atoms with van der Waals surface area (Å²) in [6.45, 7) is 1.74. The molecular weight excluding hydrogens is 235 g/mol. The van der Waals surface area contributed by atoms with Crippen LogP contribution in [0.15, 0.2) is 18.2 Å². The van der Waals surface area contributed by atoms with Gasteiger partial charge in [-0.25, -0.2) is 9.18 Å². The van der Waals surface area contributed by atoms with E-state index >= 15 is 0 Å². The van der Waals surface area contributed by atoms with Crippen molar-refractivity contribution in [3.63, 3.8) is 0 Å². The number of Topliss-reactive ketones (excluding diaryl/α,β-unsaturated/α-hetero) is 1. The minimum absolute atomic E-state index is 0.0210. The molecule has 0 fully saturated rings. The van der Waals surface area contributed by atoms with Crippen molar-refractivity contribution in [3.8, 4) is 0 Å². The average molecular weight is 245 g/mol. The molecule has 1 aromatic carbocycles. The summed E-state index contributed by atoms with van der Waals surface area (Å²) in [7, 11) is 0. The monoisotopic (exact) mass is 244 g/mol. The first-order chi connectivity index (χ1) is 7.54. The smallest absolute Gasteiger partial charge is 0.374 e. The molecule has 0 radical (unpaired) electrons. The number of hydrogen-bond donors (Lipinski definition) is 0. The molecule has 0 saturated carbocycles. The zero-order valence-corrected chi connectivity index (χ0v) is 9.38. The van der Waals surface area contributed by atoms with E-state index in [2.05, 4.69) is 4.74 Å². The van der Waals surface area contributed by atoms with Crippen LogP contribution in [-0.4, -0.2) is 18.4 Å². The fraction of sp³-hybridized carbons (Fsp3) is 0.273. The van der Waals surface area contributed by atoms with E-state index in [1.807, 2.05) is 0 Å². The van der Waals surface area contributed by atoms with Crippen LogP contribution in [0.25, 0.3) is 0 Å². The Morgan fingerprint density at radius 1 is 1.44 bits per heavy atom. The third kappa shape index (κ3) is 3.31. The van der Waals surface area contributed by atoms with E-state index in [4.69, 9.17) is 11.6 Å². The van der Waals surface area contributed by atoms with Crippen LogP contribution in [0.3, 0.4) is 0 Å². The summed E-state index contributed by atoms with van der Waals surface area (Å²) in [6.07, 6.45) is -0.188. The van der Waals surface area contributed by atoms with Crippen LogP contribution in [0.2, 0.25) is 5.02 Å². The molecule has 0 aliphatic heterocycles. The maximum absolute atomic E-state index is 13.0. The highest BCUT2D eigenvalue weighted by molar-refractivity contribution is 6.34. The Balaban J connectivity index is 2.70. The summed E-state index contributed by atoms with van der Waals surface area (Å²) >= 11 is 5.48. The molecular formula is C11H10ClFO3. The van der Waals surface area contributed by atoms with Gasteiger partial charge >= 0.3 is 5.97 Å². The number of carbonyl (C=O) groups is 2. The highest BCUT2D eigenvalue weighted by Crippen LogP contribution is 2.16. The van der Waals surface area contributed by atoms with Gasteiger partial charge in [-0.05, 0) is 24.6 Å². The minimum atomic E-state index is -0.905. The lowest BCUT2D eigenvalue weighted by Gasteiger charge is -2.02. The molecule has 0 heterocycles. The molecule has 0 amide bonds. The van der Waals surface area contributed by atoms with Crippen molar-refractivity contribution >= 4 is 23.4 Å². The van der Waals surface area contributed by atoms with Crippen LogP contribution < -0.4 is 0 Å². The van der Waals surface area contributed by atoms with Crippen LogP contribution in [0, 0.1) is 5.82 Å². The predicted molar refractivity (Wildman–Crippen MR) is 56.8 cm³/mol. The molecule has 1 aromatic rings. The SMILES string of the molecule is CCOC(=O)C(=O)Cc1ccc(Cl)c(F)c1. The van der Waals surface area contributed by atoms with E-state index in [-0.39, 0.29) is 18.1 Å². The molecule has 86 valence electrons. The molecule has 16 heavy (non-hydrogen) atoms. The first-order valence-corrected chi connectivity index (χ1v) is 5.06. The molecule has 0 atom stereocenters. The Labute approximate surface area is 97.2 Å². The second-order valence-corrected chi connectivity index (χ2v) is 3.48. The largest absolute Gasteiger partial charge is 0.460 e. The molecule has 3 nitrogen and oxygen atoms in total. The summed E-state index contributed by atoms with van der Waals surface area (Å²) < 4.78 is 17.5.